The van der Waals surface area contributed by atoms with Gasteiger partial charge in [-0.3, -0.25) is 0 Å². The first-order chi connectivity index (χ1) is 8.70. The molecule has 96 valence electrons. The Kier molecular flexibility index (Phi) is 4.45. The van der Waals surface area contributed by atoms with Gasteiger partial charge in [-0.1, -0.05) is 0 Å². The van der Waals surface area contributed by atoms with Crippen LogP contribution in [-0.4, -0.2) is 21.5 Å². The van der Waals surface area contributed by atoms with Gasteiger partial charge in [-0.15, -0.1) is 11.3 Å². The van der Waals surface area contributed by atoms with Crippen molar-refractivity contribution in [1.29, 1.82) is 0 Å². The number of aryl methyl sites for hydroxylation is 1. The van der Waals surface area contributed by atoms with Crippen molar-refractivity contribution in [3.8, 4) is 0 Å². The quantitative estimate of drug-likeness (QED) is 0.574. The molecule has 2 heterocycles. The van der Waals surface area contributed by atoms with Gasteiger partial charge in [0.25, 0.3) is 0 Å². The van der Waals surface area contributed by atoms with Crippen LogP contribution in [0, 0.1) is 6.92 Å². The summed E-state index contributed by atoms with van der Waals surface area (Å²) in [5, 5.41) is 6.38. The highest BCUT2D eigenvalue weighted by molar-refractivity contribution is 9.10. The smallest absolute Gasteiger partial charge is 0.159 e. The summed E-state index contributed by atoms with van der Waals surface area (Å²) in [6, 6.07) is 0. The lowest BCUT2D eigenvalue weighted by Gasteiger charge is -2.08. The monoisotopic (exact) mass is 328 g/mol. The Morgan fingerprint density at radius 3 is 2.83 bits per heavy atom. The van der Waals surface area contributed by atoms with Crippen LogP contribution in [0.2, 0.25) is 0 Å². The van der Waals surface area contributed by atoms with Crippen LogP contribution in [0.25, 0.3) is 0 Å². The number of hydrazine groups is 1. The van der Waals surface area contributed by atoms with Gasteiger partial charge in [-0.2, -0.15) is 0 Å². The largest absolute Gasteiger partial charge is 0.369 e. The maximum absolute atomic E-state index is 5.34. The Balaban J connectivity index is 1.94. The third-order valence-electron chi connectivity index (χ3n) is 2.22. The molecule has 0 aliphatic rings. The molecule has 0 aliphatic heterocycles. The van der Waals surface area contributed by atoms with Crippen molar-refractivity contribution in [3.05, 3.63) is 26.9 Å². The molecule has 18 heavy (non-hydrogen) atoms. The van der Waals surface area contributed by atoms with Gasteiger partial charge in [0, 0.05) is 24.0 Å². The minimum absolute atomic E-state index is 0.553. The maximum Gasteiger partial charge on any atom is 0.159 e. The lowest BCUT2D eigenvalue weighted by Crippen LogP contribution is -2.12. The minimum atomic E-state index is 0.553. The van der Waals surface area contributed by atoms with Gasteiger partial charge < -0.3 is 10.7 Å². The molecule has 0 fully saturated rings. The Morgan fingerprint density at radius 2 is 2.17 bits per heavy atom. The molecule has 0 saturated heterocycles. The van der Waals surface area contributed by atoms with E-state index in [-0.39, 0.29) is 0 Å². The van der Waals surface area contributed by atoms with Crippen LogP contribution in [0.1, 0.15) is 10.7 Å². The predicted octanol–water partition coefficient (Wildman–Crippen LogP) is 1.94. The number of nitrogen functional groups attached to an aromatic ring is 1. The second-order valence-electron chi connectivity index (χ2n) is 3.59. The molecule has 2 aromatic heterocycles. The van der Waals surface area contributed by atoms with E-state index in [0.29, 0.717) is 11.6 Å². The zero-order valence-electron chi connectivity index (χ0n) is 9.77. The van der Waals surface area contributed by atoms with Crippen LogP contribution in [0.4, 0.5) is 11.6 Å². The van der Waals surface area contributed by atoms with Crippen molar-refractivity contribution < 1.29 is 0 Å². The van der Waals surface area contributed by atoms with E-state index < -0.39 is 0 Å². The predicted molar refractivity (Wildman–Crippen MR) is 76.6 cm³/mol. The van der Waals surface area contributed by atoms with Crippen LogP contribution in [0.3, 0.4) is 0 Å². The zero-order chi connectivity index (χ0) is 13.0. The summed E-state index contributed by atoms with van der Waals surface area (Å²) in [7, 11) is 0. The van der Waals surface area contributed by atoms with E-state index >= 15 is 0 Å². The summed E-state index contributed by atoms with van der Waals surface area (Å²) in [6.07, 6.45) is 2.32. The second kappa shape index (κ2) is 6.07. The first-order valence-corrected chi connectivity index (χ1v) is 7.00. The number of nitrogens with two attached hydrogens (primary N) is 1. The summed E-state index contributed by atoms with van der Waals surface area (Å²) < 4.78 is 0.725. The number of hydrogen-bond acceptors (Lipinski definition) is 7. The van der Waals surface area contributed by atoms with Crippen molar-refractivity contribution in [2.75, 3.05) is 17.3 Å². The van der Waals surface area contributed by atoms with Crippen molar-refractivity contribution in [2.45, 2.75) is 13.3 Å². The number of hydrogen-bond donors (Lipinski definition) is 3. The van der Waals surface area contributed by atoms with E-state index in [4.69, 9.17) is 5.84 Å². The number of rotatable bonds is 5. The third kappa shape index (κ3) is 3.15. The van der Waals surface area contributed by atoms with Crippen molar-refractivity contribution in [2.24, 2.45) is 5.84 Å². The molecule has 0 saturated carbocycles. The Labute approximate surface area is 117 Å². The summed E-state index contributed by atoms with van der Waals surface area (Å²) in [5.41, 5.74) is 3.56. The average molecular weight is 329 g/mol. The van der Waals surface area contributed by atoms with Gasteiger partial charge in [-0.25, -0.2) is 20.8 Å². The molecule has 0 unspecified atom stereocenters. The molecular weight excluding hydrogens is 316 g/mol. The Bertz CT molecular complexity index is 529. The van der Waals surface area contributed by atoms with Gasteiger partial charge in [0.2, 0.25) is 0 Å². The van der Waals surface area contributed by atoms with Crippen LogP contribution >= 0.6 is 27.3 Å². The number of nitrogens with one attached hydrogen (secondary N) is 2. The molecule has 8 heteroatoms. The van der Waals surface area contributed by atoms with Gasteiger partial charge in [0.05, 0.1) is 5.01 Å². The summed E-state index contributed by atoms with van der Waals surface area (Å²) in [4.78, 5) is 12.5. The van der Waals surface area contributed by atoms with Gasteiger partial charge in [0.1, 0.15) is 16.6 Å². The highest BCUT2D eigenvalue weighted by atomic mass is 79.9. The molecule has 0 amide bonds. The number of anilines is 2. The van der Waals surface area contributed by atoms with Crippen LogP contribution in [0.5, 0.6) is 0 Å². The molecule has 0 bridgehead atoms. The molecular formula is C10H13BrN6S. The topological polar surface area (TPSA) is 88.8 Å². The number of nitrogens with zero attached hydrogens (tertiary/aromatic N) is 3. The van der Waals surface area contributed by atoms with Gasteiger partial charge >= 0.3 is 0 Å². The molecule has 2 rings (SSSR count). The fourth-order valence-electron chi connectivity index (χ4n) is 1.40. The molecule has 2 aromatic rings. The lowest BCUT2D eigenvalue weighted by atomic mass is 10.4. The van der Waals surface area contributed by atoms with Gasteiger partial charge in [-0.05, 0) is 22.9 Å². The first-order valence-electron chi connectivity index (χ1n) is 5.32. The van der Waals surface area contributed by atoms with Crippen molar-refractivity contribution in [3.63, 3.8) is 0 Å². The van der Waals surface area contributed by atoms with E-state index in [2.05, 4.69) is 41.6 Å². The van der Waals surface area contributed by atoms with E-state index in [1.165, 1.54) is 6.33 Å². The van der Waals surface area contributed by atoms with Crippen LogP contribution in [-0.2, 0) is 6.42 Å². The Hall–Kier alpha value is -1.25. The van der Waals surface area contributed by atoms with Crippen molar-refractivity contribution >= 4 is 38.9 Å². The highest BCUT2D eigenvalue weighted by Crippen LogP contribution is 2.25. The highest BCUT2D eigenvalue weighted by Gasteiger charge is 2.07. The average Bonchev–Trinajstić information content (AvgIpc) is 2.77. The van der Waals surface area contributed by atoms with E-state index in [0.717, 1.165) is 28.1 Å². The standard InChI is InChI=1S/C10H13BrN6S/c1-6-4-18-7(16-6)2-3-13-9-8(11)10(17-12)15-5-14-9/h4-5H,2-3,12H2,1H3,(H2,13,14,15,17). The summed E-state index contributed by atoms with van der Waals surface area (Å²) >= 11 is 5.06. The van der Waals surface area contributed by atoms with Crippen molar-refractivity contribution in [1.82, 2.24) is 15.0 Å². The van der Waals surface area contributed by atoms with E-state index in [9.17, 15) is 0 Å². The summed E-state index contributed by atoms with van der Waals surface area (Å²) in [6.45, 7) is 2.75. The van der Waals surface area contributed by atoms with E-state index in [1.807, 2.05) is 12.3 Å². The molecule has 0 aromatic carbocycles. The zero-order valence-corrected chi connectivity index (χ0v) is 12.2. The Morgan fingerprint density at radius 1 is 1.39 bits per heavy atom. The molecule has 0 aliphatic carbocycles. The molecule has 0 spiro atoms. The van der Waals surface area contributed by atoms with E-state index in [1.54, 1.807) is 11.3 Å². The first kappa shape index (κ1) is 13.2. The molecule has 0 atom stereocenters. The normalized spacial score (nSPS) is 10.4. The molecule has 4 N–H and O–H groups in total. The van der Waals surface area contributed by atoms with Crippen LogP contribution < -0.4 is 16.6 Å². The third-order valence-corrected chi connectivity index (χ3v) is 4.00. The van der Waals surface area contributed by atoms with Crippen LogP contribution in [0.15, 0.2) is 16.2 Å². The minimum Gasteiger partial charge on any atom is -0.369 e. The fraction of sp³-hybridized carbons (Fsp3) is 0.300. The fourth-order valence-corrected chi connectivity index (χ4v) is 2.63. The lowest BCUT2D eigenvalue weighted by molar-refractivity contribution is 0.970. The maximum atomic E-state index is 5.34. The molecule has 6 nitrogen and oxygen atoms in total. The number of thiazole rings is 1. The SMILES string of the molecule is Cc1csc(CCNc2ncnc(NN)c2Br)n1. The summed E-state index contributed by atoms with van der Waals surface area (Å²) in [5.74, 6) is 6.60. The molecule has 0 radical (unpaired) electrons. The number of halogens is 1. The van der Waals surface area contributed by atoms with Gasteiger partial charge in [0.15, 0.2) is 5.82 Å². The second-order valence-corrected chi connectivity index (χ2v) is 5.32. The number of aromatic nitrogens is 3.